The number of carbonyl (C=O) groups is 4. The van der Waals surface area contributed by atoms with Gasteiger partial charge in [-0.2, -0.15) is 10.5 Å². The van der Waals surface area contributed by atoms with Crippen LogP contribution in [0.25, 0.3) is 0 Å². The van der Waals surface area contributed by atoms with Gasteiger partial charge >= 0.3 is 0 Å². The third-order valence-corrected chi connectivity index (χ3v) is 14.0. The van der Waals surface area contributed by atoms with Crippen molar-refractivity contribution in [2.45, 2.75) is 110 Å². The number of amides is 4. The van der Waals surface area contributed by atoms with Gasteiger partial charge in [0.1, 0.15) is 35.6 Å². The van der Waals surface area contributed by atoms with Gasteiger partial charge in [0.25, 0.3) is 5.91 Å². The number of β-amino-alcohol motifs (C(OH)–C–C–N with tert-alkyl or cyclic N) is 1. The predicted octanol–water partition coefficient (Wildman–Crippen LogP) is 7.23. The number of piperidine rings is 1. The summed E-state index contributed by atoms with van der Waals surface area (Å²) in [6.07, 6.45) is 0.149. The summed E-state index contributed by atoms with van der Waals surface area (Å²) in [5, 5.41) is 39.9. The molecule has 4 atom stereocenters. The van der Waals surface area contributed by atoms with E-state index in [4.69, 9.17) is 20.9 Å². The Morgan fingerprint density at radius 2 is 1.60 bits per heavy atom. The van der Waals surface area contributed by atoms with Gasteiger partial charge in [-0.05, 0) is 79.8 Å². The molecular formula is C53H58ClN7O7. The van der Waals surface area contributed by atoms with Crippen LogP contribution < -0.4 is 15.4 Å². The monoisotopic (exact) mass is 939 g/mol. The summed E-state index contributed by atoms with van der Waals surface area (Å²) in [7, 11) is 0. The van der Waals surface area contributed by atoms with Crippen molar-refractivity contribution in [1.82, 2.24) is 25.6 Å². The Labute approximate surface area is 402 Å². The number of ether oxygens (including phenoxy) is 1. The summed E-state index contributed by atoms with van der Waals surface area (Å²) >= 11 is 6.25. The molecule has 3 aromatic carbocycles. The zero-order valence-electron chi connectivity index (χ0n) is 39.5. The van der Waals surface area contributed by atoms with Gasteiger partial charge < -0.3 is 34.8 Å². The number of benzene rings is 3. The first-order chi connectivity index (χ1) is 32.3. The number of likely N-dealkylation sites (tertiary alicyclic amines) is 2. The Kier molecular flexibility index (Phi) is 14.7. The van der Waals surface area contributed by atoms with Crippen molar-refractivity contribution in [2.24, 2.45) is 22.7 Å². The van der Waals surface area contributed by atoms with E-state index in [9.17, 15) is 34.8 Å². The number of halogens is 1. The van der Waals surface area contributed by atoms with Gasteiger partial charge in [-0.1, -0.05) is 82.3 Å². The van der Waals surface area contributed by atoms with Crippen molar-refractivity contribution in [1.29, 1.82) is 10.5 Å². The minimum absolute atomic E-state index is 0.0238. The molecule has 354 valence electrons. The van der Waals surface area contributed by atoms with Crippen molar-refractivity contribution < 1.29 is 33.5 Å². The Bertz CT molecular complexity index is 2660. The van der Waals surface area contributed by atoms with E-state index in [-0.39, 0.29) is 61.1 Å². The summed E-state index contributed by atoms with van der Waals surface area (Å²) in [5.74, 6) is 5.52. The van der Waals surface area contributed by atoms with E-state index in [2.05, 4.69) is 67.5 Å². The van der Waals surface area contributed by atoms with E-state index in [0.29, 0.717) is 70.4 Å². The molecule has 7 rings (SSSR count). The molecule has 14 nitrogen and oxygen atoms in total. The van der Waals surface area contributed by atoms with E-state index in [1.165, 1.54) is 4.90 Å². The number of nitrogens with zero attached hydrogens (tertiary/aromatic N) is 5. The number of hydrogen-bond donors (Lipinski definition) is 3. The van der Waals surface area contributed by atoms with Crippen LogP contribution in [0.2, 0.25) is 5.02 Å². The molecule has 4 aromatic rings. The zero-order valence-corrected chi connectivity index (χ0v) is 40.3. The van der Waals surface area contributed by atoms with Crippen LogP contribution in [-0.2, 0) is 14.4 Å². The van der Waals surface area contributed by atoms with Gasteiger partial charge in [0.15, 0.2) is 0 Å². The van der Waals surface area contributed by atoms with Crippen LogP contribution in [0.5, 0.6) is 5.75 Å². The third kappa shape index (κ3) is 10.6. The highest BCUT2D eigenvalue weighted by molar-refractivity contribution is 6.31. The summed E-state index contributed by atoms with van der Waals surface area (Å²) in [6, 6.07) is 22.8. The van der Waals surface area contributed by atoms with Crippen LogP contribution in [-0.4, -0.2) is 87.6 Å². The van der Waals surface area contributed by atoms with E-state index in [1.807, 2.05) is 26.0 Å². The van der Waals surface area contributed by atoms with Gasteiger partial charge in [0.05, 0.1) is 46.5 Å². The molecule has 2 aliphatic heterocycles. The average Bonchev–Trinajstić information content (AvgIpc) is 3.93. The lowest BCUT2D eigenvalue weighted by atomic mass is 9.49. The molecule has 1 saturated carbocycles. The first-order valence-corrected chi connectivity index (χ1v) is 23.5. The first-order valence-electron chi connectivity index (χ1n) is 23.1. The number of aliphatic hydroxyl groups excluding tert-OH is 1. The lowest BCUT2D eigenvalue weighted by Crippen LogP contribution is -2.74. The van der Waals surface area contributed by atoms with Crippen molar-refractivity contribution in [3.05, 3.63) is 117 Å². The lowest BCUT2D eigenvalue weighted by Gasteiger charge is -2.63. The maximum Gasteiger partial charge on any atom is 0.251 e. The second-order valence-corrected chi connectivity index (χ2v) is 20.2. The molecule has 1 aliphatic carbocycles. The summed E-state index contributed by atoms with van der Waals surface area (Å²) < 4.78 is 11.8. The van der Waals surface area contributed by atoms with Gasteiger partial charge in [-0.15, -0.1) is 0 Å². The van der Waals surface area contributed by atoms with Crippen LogP contribution in [0.1, 0.15) is 123 Å². The Morgan fingerprint density at radius 3 is 2.19 bits per heavy atom. The molecule has 3 heterocycles. The standard InChI is InChI=1S/C53H58ClN7O7/c1-31(2)46(44-24-32(3)59-68-44)49(66)61-30-39(62)25-43(61)48(65)57-42(36-14-12-35(28-55)13-15-36)27-45(63)60-22-20-34(21-23-60)9-8-33-10-16-37(17-11-33)47(64)58-50-52(4,5)51(53(50,6)7)67-40-19-18-38(29-56)41(54)26-40/h10-19,24,26,31,34,39,42-43,46,50-51,62H,20-23,25,27,30H2,1-7H3,(H,57,65)(H,58,64). The fraction of sp³-hybridized carbons (Fsp3) is 0.453. The number of aryl methyl sites for hydroxylation is 1. The molecule has 4 unspecified atom stereocenters. The van der Waals surface area contributed by atoms with Gasteiger partial charge in [-0.25, -0.2) is 0 Å². The average molecular weight is 941 g/mol. The number of aromatic nitrogens is 1. The maximum atomic E-state index is 14.1. The van der Waals surface area contributed by atoms with Crippen molar-refractivity contribution >= 4 is 35.2 Å². The molecule has 0 spiro atoms. The second-order valence-electron chi connectivity index (χ2n) is 19.8. The summed E-state index contributed by atoms with van der Waals surface area (Å²) in [6.45, 7) is 14.7. The summed E-state index contributed by atoms with van der Waals surface area (Å²) in [4.78, 5) is 58.7. The SMILES string of the molecule is Cc1cc(C(C(=O)N2CC(O)CC2C(=O)NC(CC(=O)N2CCC(C#Cc3ccc(C(=O)NC4C(C)(C)C(Oc5ccc(C#N)c(Cl)c5)C4(C)C)cc3)CC2)c2ccc(C#N)cc2)C(C)C)on1. The van der Waals surface area contributed by atoms with Crippen LogP contribution >= 0.6 is 11.6 Å². The normalized spacial score (nSPS) is 21.5. The summed E-state index contributed by atoms with van der Waals surface area (Å²) in [5.41, 5.74) is 2.53. The Balaban J connectivity index is 0.939. The van der Waals surface area contributed by atoms with Gasteiger partial charge in [0.2, 0.25) is 17.7 Å². The van der Waals surface area contributed by atoms with E-state index in [0.717, 1.165) is 5.56 Å². The maximum absolute atomic E-state index is 14.1. The van der Waals surface area contributed by atoms with Gasteiger partial charge in [0, 0.05) is 72.1 Å². The fourth-order valence-electron chi connectivity index (χ4n) is 10.3. The van der Waals surface area contributed by atoms with Crippen molar-refractivity contribution in [2.75, 3.05) is 19.6 Å². The number of nitrogens with one attached hydrogen (secondary N) is 2. The highest BCUT2D eigenvalue weighted by Crippen LogP contribution is 2.55. The van der Waals surface area contributed by atoms with E-state index >= 15 is 0 Å². The molecule has 3 aliphatic rings. The molecule has 3 N–H and O–H groups in total. The van der Waals surface area contributed by atoms with E-state index in [1.54, 1.807) is 72.5 Å². The highest BCUT2D eigenvalue weighted by Gasteiger charge is 2.64. The molecule has 68 heavy (non-hydrogen) atoms. The number of hydrogen-bond acceptors (Lipinski definition) is 10. The smallest absolute Gasteiger partial charge is 0.251 e. The molecule has 0 bridgehead atoms. The van der Waals surface area contributed by atoms with Crippen LogP contribution in [0.3, 0.4) is 0 Å². The van der Waals surface area contributed by atoms with Gasteiger partial charge in [-0.3, -0.25) is 19.2 Å². The Hall–Kier alpha value is -6.66. The lowest BCUT2D eigenvalue weighted by molar-refractivity contribution is -0.164. The molecule has 3 fully saturated rings. The minimum Gasteiger partial charge on any atom is -0.489 e. The number of aliphatic hydroxyl groups is 1. The van der Waals surface area contributed by atoms with Crippen LogP contribution in [0.4, 0.5) is 0 Å². The largest absolute Gasteiger partial charge is 0.489 e. The Morgan fingerprint density at radius 1 is 0.941 bits per heavy atom. The highest BCUT2D eigenvalue weighted by atomic mass is 35.5. The number of rotatable bonds is 12. The quantitative estimate of drug-likeness (QED) is 0.122. The number of nitriles is 2. The van der Waals surface area contributed by atoms with Crippen molar-refractivity contribution in [3.8, 4) is 29.7 Å². The van der Waals surface area contributed by atoms with Crippen LogP contribution in [0.15, 0.2) is 77.3 Å². The first kappa shape index (κ1) is 49.3. The molecular weight excluding hydrogens is 882 g/mol. The molecule has 4 amide bonds. The second kappa shape index (κ2) is 20.3. The molecule has 2 saturated heterocycles. The fourth-order valence-corrected chi connectivity index (χ4v) is 10.6. The zero-order chi connectivity index (χ0) is 49.1. The number of carbonyl (C=O) groups excluding carboxylic acids is 4. The molecule has 15 heteroatoms. The van der Waals surface area contributed by atoms with Crippen molar-refractivity contribution in [3.63, 3.8) is 0 Å². The van der Waals surface area contributed by atoms with Crippen LogP contribution in [0, 0.1) is 64.1 Å². The third-order valence-electron chi connectivity index (χ3n) is 13.7. The van der Waals surface area contributed by atoms with E-state index < -0.39 is 40.8 Å². The molecule has 1 aromatic heterocycles. The molecule has 0 radical (unpaired) electrons. The topological polar surface area (TPSA) is 202 Å². The minimum atomic E-state index is -0.980. The predicted molar refractivity (Wildman–Crippen MR) is 254 cm³/mol.